The molecule has 0 spiro atoms. The van der Waals surface area contributed by atoms with Crippen LogP contribution in [0.25, 0.3) is 0 Å². The fourth-order valence-electron chi connectivity index (χ4n) is 2.43. The summed E-state index contributed by atoms with van der Waals surface area (Å²) in [7, 11) is 0. The minimum Gasteiger partial charge on any atom is -0.354 e. The number of thiol groups is 1. The van der Waals surface area contributed by atoms with Crippen molar-refractivity contribution < 1.29 is 9.59 Å². The number of carbonyl (C=O) groups excluding carboxylic acids is 2. The minimum absolute atomic E-state index is 0.222. The zero-order chi connectivity index (χ0) is 17.5. The quantitative estimate of drug-likeness (QED) is 0.504. The van der Waals surface area contributed by atoms with Gasteiger partial charge in [-0.05, 0) is 18.4 Å². The van der Waals surface area contributed by atoms with Crippen molar-refractivity contribution >= 4 is 24.3 Å². The van der Waals surface area contributed by atoms with E-state index >= 15 is 0 Å². The Kier molecular flexibility index (Phi) is 7.75. The van der Waals surface area contributed by atoms with E-state index in [2.05, 4.69) is 17.9 Å². The number of amides is 1. The maximum atomic E-state index is 12.4. The van der Waals surface area contributed by atoms with E-state index in [4.69, 9.17) is 11.5 Å². The molecule has 0 saturated heterocycles. The second kappa shape index (κ2) is 9.05. The monoisotopic (exact) mass is 337 g/mol. The van der Waals surface area contributed by atoms with E-state index in [-0.39, 0.29) is 17.4 Å². The summed E-state index contributed by atoms with van der Waals surface area (Å²) in [5, 5.41) is 2.81. The van der Waals surface area contributed by atoms with Gasteiger partial charge in [0, 0.05) is 12.3 Å². The number of hydrogen-bond donors (Lipinski definition) is 4. The van der Waals surface area contributed by atoms with Gasteiger partial charge in [-0.3, -0.25) is 9.59 Å². The lowest BCUT2D eigenvalue weighted by molar-refractivity contribution is -0.136. The number of nitrogens with two attached hydrogens (primary N) is 2. The summed E-state index contributed by atoms with van der Waals surface area (Å²) in [6.45, 7) is 4.00. The third-order valence-electron chi connectivity index (χ3n) is 4.36. The number of Topliss-reactive ketones (excluding diaryl/α,β-unsaturated/α-hetero) is 1. The second-order valence-corrected chi connectivity index (χ2v) is 6.29. The molecule has 23 heavy (non-hydrogen) atoms. The van der Waals surface area contributed by atoms with Gasteiger partial charge in [0.2, 0.25) is 5.91 Å². The molecule has 128 valence electrons. The molecular formula is C17H27N3O2S. The highest BCUT2D eigenvalue weighted by molar-refractivity contribution is 7.80. The van der Waals surface area contributed by atoms with Gasteiger partial charge in [-0.25, -0.2) is 0 Å². The Labute approximate surface area is 143 Å². The predicted octanol–water partition coefficient (Wildman–Crippen LogP) is 0.915. The third kappa shape index (κ3) is 5.06. The van der Waals surface area contributed by atoms with E-state index < -0.39 is 17.5 Å². The first-order valence-electron chi connectivity index (χ1n) is 7.84. The lowest BCUT2D eigenvalue weighted by Crippen LogP contribution is -2.58. The first-order valence-corrected chi connectivity index (χ1v) is 8.48. The number of nitrogens with one attached hydrogen (secondary N) is 1. The number of benzene rings is 1. The second-order valence-electron chi connectivity index (χ2n) is 5.93. The predicted molar refractivity (Wildman–Crippen MR) is 96.4 cm³/mol. The topological polar surface area (TPSA) is 98.2 Å². The third-order valence-corrected chi connectivity index (χ3v) is 4.75. The molecule has 1 rings (SSSR count). The Morgan fingerprint density at radius 2 is 1.87 bits per heavy atom. The van der Waals surface area contributed by atoms with Crippen molar-refractivity contribution in [3.05, 3.63) is 35.9 Å². The highest BCUT2D eigenvalue weighted by atomic mass is 32.1. The molecule has 1 aromatic carbocycles. The summed E-state index contributed by atoms with van der Waals surface area (Å²) >= 11 is 4.06. The smallest absolute Gasteiger partial charge is 0.237 e. The van der Waals surface area contributed by atoms with E-state index in [1.807, 2.05) is 37.3 Å². The van der Waals surface area contributed by atoms with Crippen molar-refractivity contribution in [3.8, 4) is 0 Å². The van der Waals surface area contributed by atoms with Gasteiger partial charge >= 0.3 is 0 Å². The van der Waals surface area contributed by atoms with Gasteiger partial charge in [0.25, 0.3) is 0 Å². The van der Waals surface area contributed by atoms with Gasteiger partial charge in [-0.15, -0.1) is 0 Å². The standard InChI is InChI=1S/C17H27N3O2S/c1-3-17(2,15(21)13(18)11-23)14(19)16(22)20-10-9-12-7-5-4-6-8-12/h4-8,13-14,23H,3,9-11,18-19H2,1-2H3,(H,20,22)/t13-,14+,17+/m0/s1. The Hall–Kier alpha value is -1.37. The van der Waals surface area contributed by atoms with Crippen LogP contribution in [0.15, 0.2) is 30.3 Å². The Morgan fingerprint density at radius 3 is 2.39 bits per heavy atom. The molecule has 0 heterocycles. The molecule has 5 N–H and O–H groups in total. The molecule has 0 fully saturated rings. The summed E-state index contributed by atoms with van der Waals surface area (Å²) in [4.78, 5) is 24.7. The molecule has 0 bridgehead atoms. The van der Waals surface area contributed by atoms with Crippen molar-refractivity contribution in [1.29, 1.82) is 0 Å². The lowest BCUT2D eigenvalue weighted by Gasteiger charge is -2.34. The van der Waals surface area contributed by atoms with Crippen LogP contribution in [0.1, 0.15) is 25.8 Å². The number of rotatable bonds is 9. The van der Waals surface area contributed by atoms with E-state index in [9.17, 15) is 9.59 Å². The number of ketones is 1. The fraction of sp³-hybridized carbons (Fsp3) is 0.529. The van der Waals surface area contributed by atoms with Crippen molar-refractivity contribution in [1.82, 2.24) is 5.32 Å². The first kappa shape index (κ1) is 19.7. The van der Waals surface area contributed by atoms with Crippen LogP contribution in [0.5, 0.6) is 0 Å². The average molecular weight is 337 g/mol. The van der Waals surface area contributed by atoms with Crippen molar-refractivity contribution in [3.63, 3.8) is 0 Å². The van der Waals surface area contributed by atoms with Gasteiger partial charge in [0.1, 0.15) is 0 Å². The first-order chi connectivity index (χ1) is 10.9. The van der Waals surface area contributed by atoms with Crippen molar-refractivity contribution in [2.45, 2.75) is 38.8 Å². The molecule has 3 atom stereocenters. The molecule has 0 aliphatic rings. The Balaban J connectivity index is 2.64. The van der Waals surface area contributed by atoms with Gasteiger partial charge in [0.05, 0.1) is 17.5 Å². The Morgan fingerprint density at radius 1 is 1.26 bits per heavy atom. The molecular weight excluding hydrogens is 310 g/mol. The van der Waals surface area contributed by atoms with Crippen LogP contribution in [-0.2, 0) is 16.0 Å². The molecule has 1 aromatic rings. The summed E-state index contributed by atoms with van der Waals surface area (Å²) in [5.41, 5.74) is 12.0. The molecule has 5 nitrogen and oxygen atoms in total. The maximum absolute atomic E-state index is 12.4. The van der Waals surface area contributed by atoms with Gasteiger partial charge in [0.15, 0.2) is 5.78 Å². The number of carbonyl (C=O) groups is 2. The largest absolute Gasteiger partial charge is 0.354 e. The SMILES string of the molecule is CC[C@@](C)(C(=O)[C@@H](N)CS)[C@H](N)C(=O)NCCc1ccccc1. The van der Waals surface area contributed by atoms with Crippen LogP contribution in [0.3, 0.4) is 0 Å². The van der Waals surface area contributed by atoms with Gasteiger partial charge in [-0.2, -0.15) is 12.6 Å². The zero-order valence-corrected chi connectivity index (χ0v) is 14.7. The molecule has 1 amide bonds. The number of hydrogen-bond acceptors (Lipinski definition) is 5. The normalized spacial score (nSPS) is 16.2. The van der Waals surface area contributed by atoms with Crippen molar-refractivity contribution in [2.24, 2.45) is 16.9 Å². The summed E-state index contributed by atoms with van der Waals surface area (Å²) in [6, 6.07) is 8.20. The van der Waals surface area contributed by atoms with Crippen LogP contribution < -0.4 is 16.8 Å². The molecule has 0 aliphatic heterocycles. The average Bonchev–Trinajstić information content (AvgIpc) is 2.59. The van der Waals surface area contributed by atoms with Gasteiger partial charge < -0.3 is 16.8 Å². The molecule has 0 saturated carbocycles. The molecule has 0 unspecified atom stereocenters. The molecule has 6 heteroatoms. The van der Waals surface area contributed by atoms with Crippen LogP contribution in [0.2, 0.25) is 0 Å². The fourth-order valence-corrected chi connectivity index (χ4v) is 2.59. The van der Waals surface area contributed by atoms with Crippen LogP contribution >= 0.6 is 12.6 Å². The molecule has 0 radical (unpaired) electrons. The summed E-state index contributed by atoms with van der Waals surface area (Å²) < 4.78 is 0. The van der Waals surface area contributed by atoms with Gasteiger partial charge in [-0.1, -0.05) is 44.2 Å². The van der Waals surface area contributed by atoms with E-state index in [1.165, 1.54) is 0 Å². The van der Waals surface area contributed by atoms with Crippen molar-refractivity contribution in [2.75, 3.05) is 12.3 Å². The highest BCUT2D eigenvalue weighted by Crippen LogP contribution is 2.27. The van der Waals surface area contributed by atoms with Crippen LogP contribution in [-0.4, -0.2) is 36.1 Å². The zero-order valence-electron chi connectivity index (χ0n) is 13.8. The minimum atomic E-state index is -0.987. The molecule has 0 aromatic heterocycles. The Bertz CT molecular complexity index is 524. The van der Waals surface area contributed by atoms with E-state index in [1.54, 1.807) is 6.92 Å². The maximum Gasteiger partial charge on any atom is 0.237 e. The lowest BCUT2D eigenvalue weighted by atomic mass is 9.74. The molecule has 0 aliphatic carbocycles. The van der Waals surface area contributed by atoms with E-state index in [0.717, 1.165) is 5.56 Å². The highest BCUT2D eigenvalue weighted by Gasteiger charge is 2.43. The summed E-state index contributed by atoms with van der Waals surface area (Å²) in [5.74, 6) is -0.317. The van der Waals surface area contributed by atoms with Crippen LogP contribution in [0.4, 0.5) is 0 Å². The van der Waals surface area contributed by atoms with E-state index in [0.29, 0.717) is 19.4 Å². The van der Waals surface area contributed by atoms with Crippen LogP contribution in [0, 0.1) is 5.41 Å². The summed E-state index contributed by atoms with van der Waals surface area (Å²) in [6.07, 6.45) is 1.16.